The molecule has 3 nitrogen and oxygen atoms in total. The molecule has 0 amide bonds. The molecule has 1 aliphatic heterocycles. The normalized spacial score (nSPS) is 14.4. The van der Waals surface area contributed by atoms with Crippen molar-refractivity contribution >= 4 is 40.7 Å². The third-order valence-electron chi connectivity index (χ3n) is 2.82. The zero-order valence-corrected chi connectivity index (χ0v) is 12.9. The van der Waals surface area contributed by atoms with Crippen molar-refractivity contribution in [3.8, 4) is 6.07 Å². The van der Waals surface area contributed by atoms with Crippen LogP contribution in [0.1, 0.15) is 11.1 Å². The molecule has 6 heteroatoms. The molecular formula is C13H16ClN3S2. The molecule has 1 aromatic rings. The first kappa shape index (κ1) is 16.3. The lowest BCUT2D eigenvalue weighted by atomic mass is 10.2. The van der Waals surface area contributed by atoms with Gasteiger partial charge in [0.15, 0.2) is 0 Å². The Morgan fingerprint density at radius 3 is 2.53 bits per heavy atom. The van der Waals surface area contributed by atoms with Gasteiger partial charge in [0, 0.05) is 31.9 Å². The van der Waals surface area contributed by atoms with E-state index < -0.39 is 0 Å². The van der Waals surface area contributed by atoms with Crippen LogP contribution in [0.4, 0.5) is 0 Å². The summed E-state index contributed by atoms with van der Waals surface area (Å²) in [4.78, 5) is 2.25. The molecule has 0 spiro atoms. The molecule has 0 saturated carbocycles. The molecule has 19 heavy (non-hydrogen) atoms. The van der Waals surface area contributed by atoms with Gasteiger partial charge in [-0.05, 0) is 17.7 Å². The van der Waals surface area contributed by atoms with Gasteiger partial charge < -0.3 is 10.2 Å². The number of thioether (sulfide) groups is 1. The number of thiocarbonyl (C=S) groups is 1. The predicted octanol–water partition coefficient (Wildman–Crippen LogP) is 2.40. The highest BCUT2D eigenvalue weighted by Gasteiger charge is 2.13. The highest BCUT2D eigenvalue weighted by Crippen LogP contribution is 2.17. The molecule has 1 saturated heterocycles. The van der Waals surface area contributed by atoms with Gasteiger partial charge >= 0.3 is 0 Å². The largest absolute Gasteiger partial charge is 0.355 e. The Kier molecular flexibility index (Phi) is 7.17. The summed E-state index contributed by atoms with van der Waals surface area (Å²) in [5.41, 5.74) is 1.91. The highest BCUT2D eigenvalue weighted by molar-refractivity contribution is 8.22. The minimum Gasteiger partial charge on any atom is -0.355 e. The molecule has 102 valence electrons. The molecule has 0 bridgehead atoms. The number of hydrogen-bond donors (Lipinski definition) is 1. The quantitative estimate of drug-likeness (QED) is 0.849. The van der Waals surface area contributed by atoms with Crippen molar-refractivity contribution in [2.45, 2.75) is 5.75 Å². The van der Waals surface area contributed by atoms with Crippen LogP contribution in [0.15, 0.2) is 24.3 Å². The number of piperazine rings is 1. The Balaban J connectivity index is 0.00000180. The number of hydrogen-bond acceptors (Lipinski definition) is 4. The van der Waals surface area contributed by atoms with Crippen LogP contribution in [0.3, 0.4) is 0 Å². The molecule has 1 fully saturated rings. The molecule has 1 aromatic carbocycles. The first-order valence-electron chi connectivity index (χ1n) is 5.91. The molecule has 0 aliphatic carbocycles. The second-order valence-corrected chi connectivity index (χ2v) is 5.71. The van der Waals surface area contributed by atoms with Crippen molar-refractivity contribution in [1.29, 1.82) is 5.26 Å². The van der Waals surface area contributed by atoms with Crippen molar-refractivity contribution in [3.63, 3.8) is 0 Å². The fourth-order valence-corrected chi connectivity index (χ4v) is 2.97. The summed E-state index contributed by atoms with van der Waals surface area (Å²) in [6.45, 7) is 4.02. The summed E-state index contributed by atoms with van der Waals surface area (Å²) >= 11 is 7.13. The second kappa shape index (κ2) is 8.39. The average Bonchev–Trinajstić information content (AvgIpc) is 2.46. The molecule has 1 aliphatic rings. The minimum atomic E-state index is 0. The standard InChI is InChI=1S/C13H15N3S2.ClH/c14-9-11-1-3-12(4-2-11)10-18-13(17)16-7-5-15-6-8-16;/h1-4,15H,5-8,10H2;1H. The first-order valence-corrected chi connectivity index (χ1v) is 7.30. The van der Waals surface area contributed by atoms with Crippen LogP contribution in [0.25, 0.3) is 0 Å². The number of rotatable bonds is 2. The maximum absolute atomic E-state index is 8.73. The SMILES string of the molecule is Cl.N#Cc1ccc(CSC(=S)N2CCNCC2)cc1. The third-order valence-corrected chi connectivity index (χ3v) is 4.42. The van der Waals surface area contributed by atoms with Crippen molar-refractivity contribution < 1.29 is 0 Å². The van der Waals surface area contributed by atoms with E-state index in [0.717, 1.165) is 36.3 Å². The molecule has 2 rings (SSSR count). The maximum atomic E-state index is 8.73. The maximum Gasteiger partial charge on any atom is 0.136 e. The minimum absolute atomic E-state index is 0. The Bertz CT molecular complexity index is 450. The third kappa shape index (κ3) is 5.00. The summed E-state index contributed by atoms with van der Waals surface area (Å²) in [7, 11) is 0. The van der Waals surface area contributed by atoms with Crippen LogP contribution in [-0.2, 0) is 5.75 Å². The molecule has 0 unspecified atom stereocenters. The number of benzene rings is 1. The van der Waals surface area contributed by atoms with Gasteiger partial charge in [-0.1, -0.05) is 36.1 Å². The van der Waals surface area contributed by atoms with E-state index >= 15 is 0 Å². The average molecular weight is 314 g/mol. The number of nitrogens with zero attached hydrogens (tertiary/aromatic N) is 2. The summed E-state index contributed by atoms with van der Waals surface area (Å²) in [6.07, 6.45) is 0. The number of nitriles is 1. The van der Waals surface area contributed by atoms with Gasteiger partial charge in [0.2, 0.25) is 0 Å². The molecule has 0 aromatic heterocycles. The van der Waals surface area contributed by atoms with Crippen molar-refractivity contribution in [1.82, 2.24) is 10.2 Å². The lowest BCUT2D eigenvalue weighted by Gasteiger charge is -2.29. The van der Waals surface area contributed by atoms with Gasteiger partial charge in [-0.25, -0.2) is 0 Å². The predicted molar refractivity (Wildman–Crippen MR) is 86.7 cm³/mol. The van der Waals surface area contributed by atoms with Gasteiger partial charge in [0.1, 0.15) is 4.32 Å². The van der Waals surface area contributed by atoms with Gasteiger partial charge in [0.25, 0.3) is 0 Å². The van der Waals surface area contributed by atoms with Crippen molar-refractivity contribution in [2.75, 3.05) is 26.2 Å². The molecule has 1 N–H and O–H groups in total. The van der Waals surface area contributed by atoms with E-state index in [9.17, 15) is 0 Å². The summed E-state index contributed by atoms with van der Waals surface area (Å²) < 4.78 is 0.973. The van der Waals surface area contributed by atoms with Crippen LogP contribution < -0.4 is 5.32 Å². The Labute approximate surface area is 129 Å². The van der Waals surface area contributed by atoms with Crippen LogP contribution in [0, 0.1) is 11.3 Å². The lowest BCUT2D eigenvalue weighted by Crippen LogP contribution is -2.44. The zero-order chi connectivity index (χ0) is 12.8. The van der Waals surface area contributed by atoms with E-state index in [4.69, 9.17) is 17.5 Å². The van der Waals surface area contributed by atoms with Gasteiger partial charge in [-0.15, -0.1) is 12.4 Å². The molecule has 1 heterocycles. The summed E-state index contributed by atoms with van der Waals surface area (Å²) in [5.74, 6) is 0.870. The van der Waals surface area contributed by atoms with E-state index in [0.29, 0.717) is 5.56 Å². The fourth-order valence-electron chi connectivity index (χ4n) is 1.76. The van der Waals surface area contributed by atoms with Crippen molar-refractivity contribution in [3.05, 3.63) is 35.4 Å². The van der Waals surface area contributed by atoms with E-state index in [1.165, 1.54) is 5.56 Å². The Hall–Kier alpha value is -0.800. The van der Waals surface area contributed by atoms with Crippen molar-refractivity contribution in [2.24, 2.45) is 0 Å². The fraction of sp³-hybridized carbons (Fsp3) is 0.385. The summed E-state index contributed by atoms with van der Waals surface area (Å²) in [6, 6.07) is 9.81. The Morgan fingerprint density at radius 2 is 1.95 bits per heavy atom. The molecular weight excluding hydrogens is 298 g/mol. The lowest BCUT2D eigenvalue weighted by molar-refractivity contribution is 0.368. The van der Waals surface area contributed by atoms with E-state index in [1.54, 1.807) is 11.8 Å². The van der Waals surface area contributed by atoms with Crippen LogP contribution in [0.5, 0.6) is 0 Å². The van der Waals surface area contributed by atoms with Crippen LogP contribution >= 0.6 is 36.4 Å². The van der Waals surface area contributed by atoms with Gasteiger partial charge in [-0.3, -0.25) is 0 Å². The number of halogens is 1. The molecule has 0 radical (unpaired) electrons. The number of nitrogens with one attached hydrogen (secondary N) is 1. The van der Waals surface area contributed by atoms with Crippen LogP contribution in [0.2, 0.25) is 0 Å². The van der Waals surface area contributed by atoms with E-state index in [2.05, 4.69) is 16.3 Å². The first-order chi connectivity index (χ1) is 8.79. The van der Waals surface area contributed by atoms with Gasteiger partial charge in [-0.2, -0.15) is 5.26 Å². The zero-order valence-electron chi connectivity index (χ0n) is 10.5. The topological polar surface area (TPSA) is 39.1 Å². The second-order valence-electron chi connectivity index (χ2n) is 4.10. The summed E-state index contributed by atoms with van der Waals surface area (Å²) in [5, 5.41) is 12.0. The monoisotopic (exact) mass is 313 g/mol. The Morgan fingerprint density at radius 1 is 1.32 bits per heavy atom. The molecule has 0 atom stereocenters. The van der Waals surface area contributed by atoms with Crippen LogP contribution in [-0.4, -0.2) is 35.4 Å². The van der Waals surface area contributed by atoms with E-state index in [1.807, 2.05) is 24.3 Å². The van der Waals surface area contributed by atoms with E-state index in [-0.39, 0.29) is 12.4 Å². The highest BCUT2D eigenvalue weighted by atomic mass is 35.5. The van der Waals surface area contributed by atoms with Gasteiger partial charge in [0.05, 0.1) is 11.6 Å². The smallest absolute Gasteiger partial charge is 0.136 e.